The molecule has 2 aromatic heterocycles. The molecule has 0 atom stereocenters. The summed E-state index contributed by atoms with van der Waals surface area (Å²) < 4.78 is 8.81. The summed E-state index contributed by atoms with van der Waals surface area (Å²) in [6.07, 6.45) is 1.30. The number of nitrogens with zero attached hydrogens (tertiary/aromatic N) is 3. The average molecular weight is 269 g/mol. The molecule has 3 rings (SSSR count). The predicted molar refractivity (Wildman–Crippen MR) is 67.9 cm³/mol. The summed E-state index contributed by atoms with van der Waals surface area (Å²) in [7, 11) is 0. The minimum absolute atomic E-state index is 0.290. The van der Waals surface area contributed by atoms with Crippen LogP contribution in [0.3, 0.4) is 0 Å². The third-order valence-electron chi connectivity index (χ3n) is 2.22. The summed E-state index contributed by atoms with van der Waals surface area (Å²) in [6.45, 7) is 0. The number of ether oxygens (including phenoxy) is 1. The van der Waals surface area contributed by atoms with Crippen LogP contribution >= 0.6 is 24.8 Å². The molecule has 2 aromatic rings. The van der Waals surface area contributed by atoms with Crippen LogP contribution in [0.25, 0.3) is 11.0 Å². The fourth-order valence-corrected chi connectivity index (χ4v) is 2.30. The number of aromatic nitrogens is 3. The molecule has 0 aliphatic carbocycles. The molecule has 3 heterocycles. The molecule has 2 N–H and O–H groups in total. The smallest absolute Gasteiger partial charge is 0.426 e. The van der Waals surface area contributed by atoms with Gasteiger partial charge in [-0.25, -0.2) is 4.79 Å². The van der Waals surface area contributed by atoms with Gasteiger partial charge in [0.1, 0.15) is 5.65 Å². The highest BCUT2D eigenvalue weighted by Crippen LogP contribution is 2.33. The fourth-order valence-electron chi connectivity index (χ4n) is 1.52. The lowest BCUT2D eigenvalue weighted by Gasteiger charge is -2.11. The summed E-state index contributed by atoms with van der Waals surface area (Å²) in [5, 5.41) is 0.753. The van der Waals surface area contributed by atoms with Gasteiger partial charge in [-0.2, -0.15) is 14.3 Å². The number of hydrogen-bond donors (Lipinski definition) is 3. The molecule has 88 valence electrons. The number of rotatable bonds is 2. The maximum Gasteiger partial charge on any atom is 0.426 e. The maximum absolute atomic E-state index is 11.5. The zero-order chi connectivity index (χ0) is 11.8. The first-order chi connectivity index (χ1) is 8.29. The fraction of sp³-hybridized carbons (Fsp3) is 0.125. The van der Waals surface area contributed by atoms with Crippen molar-refractivity contribution >= 4 is 53.7 Å². The normalized spacial score (nSPS) is 15.4. The van der Waals surface area contributed by atoms with Gasteiger partial charge in [-0.1, -0.05) is 12.8 Å². The lowest BCUT2D eigenvalue weighted by molar-refractivity contribution is 0.184. The van der Waals surface area contributed by atoms with Crippen LogP contribution in [-0.2, 0) is 4.74 Å². The Kier molecular flexibility index (Phi) is 2.48. The number of hydrogen-bond acceptors (Lipinski definition) is 7. The molecule has 7 nitrogen and oxygen atoms in total. The SMILES string of the molecule is O=C1OCSN1c1nc(NS)nc2[nH]ccc12. The van der Waals surface area contributed by atoms with Crippen molar-refractivity contribution in [3.05, 3.63) is 12.3 Å². The van der Waals surface area contributed by atoms with E-state index < -0.39 is 6.09 Å². The topological polar surface area (TPSA) is 83.1 Å². The summed E-state index contributed by atoms with van der Waals surface area (Å²) in [6, 6.07) is 1.80. The summed E-state index contributed by atoms with van der Waals surface area (Å²) in [5.41, 5.74) is 0.631. The molecule has 0 radical (unpaired) electrons. The van der Waals surface area contributed by atoms with E-state index in [1.807, 2.05) is 0 Å². The molecule has 1 amide bonds. The Bertz CT molecular complexity index is 586. The Hall–Kier alpha value is -1.61. The van der Waals surface area contributed by atoms with Gasteiger partial charge in [0.15, 0.2) is 11.8 Å². The highest BCUT2D eigenvalue weighted by molar-refractivity contribution is 8.01. The van der Waals surface area contributed by atoms with Crippen LogP contribution in [0.5, 0.6) is 0 Å². The van der Waals surface area contributed by atoms with Gasteiger partial charge in [0.2, 0.25) is 5.95 Å². The number of aromatic amines is 1. The van der Waals surface area contributed by atoms with E-state index in [9.17, 15) is 4.79 Å². The first-order valence-corrected chi connectivity index (χ1v) is 6.03. The van der Waals surface area contributed by atoms with Crippen LogP contribution in [0.4, 0.5) is 16.6 Å². The first-order valence-electron chi connectivity index (χ1n) is 4.64. The van der Waals surface area contributed by atoms with Gasteiger partial charge in [0, 0.05) is 18.1 Å². The second-order valence-corrected chi connectivity index (χ2v) is 4.26. The third kappa shape index (κ3) is 1.67. The van der Waals surface area contributed by atoms with Crippen molar-refractivity contribution < 1.29 is 9.53 Å². The summed E-state index contributed by atoms with van der Waals surface area (Å²) >= 11 is 5.14. The minimum Gasteiger partial charge on any atom is -0.436 e. The number of carbonyl (C=O) groups excluding carboxylic acids is 1. The number of H-pyrrole nitrogens is 1. The van der Waals surface area contributed by atoms with Crippen LogP contribution in [0, 0.1) is 0 Å². The molecule has 1 saturated heterocycles. The zero-order valence-electron chi connectivity index (χ0n) is 8.38. The Balaban J connectivity index is 2.19. The maximum atomic E-state index is 11.5. The number of anilines is 2. The van der Waals surface area contributed by atoms with Gasteiger partial charge in [0.25, 0.3) is 0 Å². The Morgan fingerprint density at radius 1 is 1.59 bits per heavy atom. The van der Waals surface area contributed by atoms with E-state index in [0.29, 0.717) is 23.4 Å². The van der Waals surface area contributed by atoms with Gasteiger partial charge < -0.3 is 14.4 Å². The van der Waals surface area contributed by atoms with E-state index in [1.54, 1.807) is 12.3 Å². The average Bonchev–Trinajstić information content (AvgIpc) is 2.95. The lowest BCUT2D eigenvalue weighted by atomic mass is 10.4. The largest absolute Gasteiger partial charge is 0.436 e. The first kappa shape index (κ1) is 10.5. The Morgan fingerprint density at radius 3 is 3.18 bits per heavy atom. The molecule has 1 fully saturated rings. The van der Waals surface area contributed by atoms with Crippen LogP contribution < -0.4 is 9.03 Å². The Morgan fingerprint density at radius 2 is 2.47 bits per heavy atom. The highest BCUT2D eigenvalue weighted by Gasteiger charge is 2.28. The third-order valence-corrected chi connectivity index (χ3v) is 3.22. The summed E-state index contributed by atoms with van der Waals surface area (Å²) in [4.78, 5) is 22.9. The molecule has 0 aromatic carbocycles. The van der Waals surface area contributed by atoms with E-state index in [1.165, 1.54) is 16.3 Å². The number of cyclic esters (lactones) is 1. The van der Waals surface area contributed by atoms with Crippen molar-refractivity contribution in [3.8, 4) is 0 Å². The van der Waals surface area contributed by atoms with Gasteiger partial charge >= 0.3 is 6.09 Å². The summed E-state index contributed by atoms with van der Waals surface area (Å²) in [5.74, 6) is 1.09. The van der Waals surface area contributed by atoms with Crippen molar-refractivity contribution in [2.45, 2.75) is 0 Å². The van der Waals surface area contributed by atoms with E-state index >= 15 is 0 Å². The van der Waals surface area contributed by atoms with Gasteiger partial charge in [0.05, 0.1) is 5.39 Å². The second kappa shape index (κ2) is 4.00. The van der Waals surface area contributed by atoms with Gasteiger partial charge in [-0.05, 0) is 6.07 Å². The molecule has 1 aliphatic rings. The van der Waals surface area contributed by atoms with Crippen LogP contribution in [0.2, 0.25) is 0 Å². The van der Waals surface area contributed by atoms with Gasteiger partial charge in [-0.3, -0.25) is 0 Å². The minimum atomic E-state index is -0.429. The number of carbonyl (C=O) groups is 1. The molecule has 0 saturated carbocycles. The molecule has 0 bridgehead atoms. The van der Waals surface area contributed by atoms with E-state index in [2.05, 4.69) is 32.5 Å². The monoisotopic (exact) mass is 269 g/mol. The molecule has 1 aliphatic heterocycles. The van der Waals surface area contributed by atoms with E-state index in [0.717, 1.165) is 5.39 Å². The molecular formula is C8H7N5O2S2. The number of fused-ring (bicyclic) bond motifs is 1. The quantitative estimate of drug-likeness (QED) is 0.569. The Labute approximate surface area is 106 Å². The zero-order valence-corrected chi connectivity index (χ0v) is 10.1. The number of amides is 1. The predicted octanol–water partition coefficient (Wildman–Crippen LogP) is 1.78. The van der Waals surface area contributed by atoms with Crippen molar-refractivity contribution in [1.29, 1.82) is 0 Å². The van der Waals surface area contributed by atoms with Crippen molar-refractivity contribution in [2.24, 2.45) is 0 Å². The molecule has 9 heteroatoms. The van der Waals surface area contributed by atoms with Crippen LogP contribution in [-0.4, -0.2) is 27.0 Å². The standard InChI is InChI=1S/C8H7N5O2S2/c14-8-13(17-3-15-8)6-4-1-2-9-5(4)10-7(11-6)12-16/h1-2,16H,3H2,(H2,9,10,11,12). The van der Waals surface area contributed by atoms with Crippen molar-refractivity contribution in [2.75, 3.05) is 15.0 Å². The number of thiol groups is 1. The van der Waals surface area contributed by atoms with Crippen LogP contribution in [0.1, 0.15) is 0 Å². The van der Waals surface area contributed by atoms with Gasteiger partial charge in [-0.15, -0.1) is 0 Å². The van der Waals surface area contributed by atoms with E-state index in [4.69, 9.17) is 4.74 Å². The highest BCUT2D eigenvalue weighted by atomic mass is 32.2. The molecule has 17 heavy (non-hydrogen) atoms. The van der Waals surface area contributed by atoms with Crippen molar-refractivity contribution in [1.82, 2.24) is 15.0 Å². The lowest BCUT2D eigenvalue weighted by Crippen LogP contribution is -2.18. The van der Waals surface area contributed by atoms with Crippen molar-refractivity contribution in [3.63, 3.8) is 0 Å². The van der Waals surface area contributed by atoms with E-state index in [-0.39, 0.29) is 0 Å². The molecular weight excluding hydrogens is 262 g/mol. The van der Waals surface area contributed by atoms with Crippen LogP contribution in [0.15, 0.2) is 12.3 Å². The molecule has 0 unspecified atom stereocenters. The second-order valence-electron chi connectivity index (χ2n) is 3.17. The number of nitrogens with one attached hydrogen (secondary N) is 2. The molecule has 0 spiro atoms.